The summed E-state index contributed by atoms with van der Waals surface area (Å²) < 4.78 is 31.6. The molecule has 37 heavy (non-hydrogen) atoms. The molecule has 0 spiro atoms. The molecule has 0 aliphatic heterocycles. The summed E-state index contributed by atoms with van der Waals surface area (Å²) in [7, 11) is -1.95. The lowest BCUT2D eigenvalue weighted by Crippen LogP contribution is -2.48. The quantitative estimate of drug-likeness (QED) is 0.349. The second-order valence-electron chi connectivity index (χ2n) is 9.15. The minimum atomic E-state index is -3.52. The monoisotopic (exact) mass is 531 g/mol. The summed E-state index contributed by atoms with van der Waals surface area (Å²) in [5.74, 6) is 0.247. The number of methoxy groups -OCH3 is 1. The van der Waals surface area contributed by atoms with Gasteiger partial charge in [-0.2, -0.15) is 0 Å². The molecule has 204 valence electrons. The normalized spacial score (nSPS) is 12.0. The summed E-state index contributed by atoms with van der Waals surface area (Å²) >= 11 is 0. The van der Waals surface area contributed by atoms with Gasteiger partial charge in [0, 0.05) is 26.1 Å². The summed E-state index contributed by atoms with van der Waals surface area (Å²) in [6.45, 7) is 6.77. The molecular formula is C28H41N3O5S. The molecule has 9 heteroatoms. The molecule has 0 aliphatic carbocycles. The molecule has 2 aromatic rings. The maximum atomic E-state index is 13.4. The number of anilines is 1. The van der Waals surface area contributed by atoms with Gasteiger partial charge in [-0.1, -0.05) is 44.5 Å². The Morgan fingerprint density at radius 2 is 1.73 bits per heavy atom. The zero-order valence-electron chi connectivity index (χ0n) is 22.7. The van der Waals surface area contributed by atoms with Crippen LogP contribution in [0.2, 0.25) is 0 Å². The number of benzene rings is 2. The van der Waals surface area contributed by atoms with Crippen LogP contribution in [0.3, 0.4) is 0 Å². The molecule has 2 rings (SSSR count). The van der Waals surface area contributed by atoms with Gasteiger partial charge in [-0.25, -0.2) is 8.42 Å². The fourth-order valence-corrected chi connectivity index (χ4v) is 4.95. The zero-order chi connectivity index (χ0) is 27.4. The van der Waals surface area contributed by atoms with Crippen molar-refractivity contribution in [3.8, 4) is 5.75 Å². The van der Waals surface area contributed by atoms with E-state index in [-0.39, 0.29) is 31.3 Å². The number of nitrogens with one attached hydrogen (secondary N) is 1. The van der Waals surface area contributed by atoms with Gasteiger partial charge < -0.3 is 15.0 Å². The molecule has 2 amide bonds. The fourth-order valence-electron chi connectivity index (χ4n) is 3.99. The summed E-state index contributed by atoms with van der Waals surface area (Å²) in [6.07, 6.45) is 4.28. The van der Waals surface area contributed by atoms with E-state index in [0.717, 1.165) is 30.4 Å². The molecule has 0 radical (unpaired) electrons. The van der Waals surface area contributed by atoms with Crippen LogP contribution < -0.4 is 14.4 Å². The van der Waals surface area contributed by atoms with Crippen LogP contribution in [0.1, 0.15) is 57.6 Å². The van der Waals surface area contributed by atoms with E-state index < -0.39 is 16.1 Å². The SMILES string of the molecule is CCCCNC(=O)C(C)N(Cc1cccc(OC)c1)C(=O)CCCN(c1ccc(CC)cc1)S(C)(=O)=O. The number of amides is 2. The Labute approximate surface area is 222 Å². The first-order valence-corrected chi connectivity index (χ1v) is 14.7. The van der Waals surface area contributed by atoms with Crippen molar-refractivity contribution in [1.29, 1.82) is 0 Å². The number of carbonyl (C=O) groups excluding carboxylic acids is 2. The van der Waals surface area contributed by atoms with Crippen LogP contribution in [0, 0.1) is 0 Å². The van der Waals surface area contributed by atoms with Crippen LogP contribution in [0.15, 0.2) is 48.5 Å². The number of aryl methyl sites for hydroxylation is 1. The highest BCUT2D eigenvalue weighted by atomic mass is 32.2. The summed E-state index contributed by atoms with van der Waals surface area (Å²) in [4.78, 5) is 27.7. The number of rotatable bonds is 15. The van der Waals surface area contributed by atoms with Gasteiger partial charge in [0.2, 0.25) is 21.8 Å². The number of sulfonamides is 1. The molecular weight excluding hydrogens is 490 g/mol. The van der Waals surface area contributed by atoms with Crippen LogP contribution >= 0.6 is 0 Å². The van der Waals surface area contributed by atoms with Gasteiger partial charge in [-0.15, -0.1) is 0 Å². The molecule has 0 bridgehead atoms. The van der Waals surface area contributed by atoms with E-state index in [1.54, 1.807) is 31.1 Å². The van der Waals surface area contributed by atoms with Crippen molar-refractivity contribution in [3.05, 3.63) is 59.7 Å². The molecule has 2 aromatic carbocycles. The Morgan fingerprint density at radius 1 is 1.03 bits per heavy atom. The first-order chi connectivity index (χ1) is 17.6. The summed E-state index contributed by atoms with van der Waals surface area (Å²) in [6, 6.07) is 14.1. The summed E-state index contributed by atoms with van der Waals surface area (Å²) in [5.41, 5.74) is 2.53. The number of hydrogen-bond donors (Lipinski definition) is 1. The van der Waals surface area contributed by atoms with E-state index in [1.807, 2.05) is 50.2 Å². The third kappa shape index (κ3) is 9.39. The predicted octanol–water partition coefficient (Wildman–Crippen LogP) is 4.14. The highest BCUT2D eigenvalue weighted by Crippen LogP contribution is 2.21. The second kappa shape index (κ2) is 14.6. The highest BCUT2D eigenvalue weighted by molar-refractivity contribution is 7.92. The highest BCUT2D eigenvalue weighted by Gasteiger charge is 2.26. The van der Waals surface area contributed by atoms with Crippen molar-refractivity contribution < 1.29 is 22.7 Å². The average Bonchev–Trinajstić information content (AvgIpc) is 2.88. The number of carbonyl (C=O) groups is 2. The Morgan fingerprint density at radius 3 is 2.32 bits per heavy atom. The standard InChI is InChI=1S/C28H41N3O5S/c1-6-8-18-29-28(33)22(3)30(21-24-11-9-12-26(20-24)36-4)27(32)13-10-19-31(37(5,34)35)25-16-14-23(7-2)15-17-25/h9,11-12,14-17,20,22H,6-8,10,13,18-19,21H2,1-5H3,(H,29,33). The van der Waals surface area contributed by atoms with Crippen LogP contribution in [-0.4, -0.2) is 57.6 Å². The van der Waals surface area contributed by atoms with Crippen molar-refractivity contribution in [2.24, 2.45) is 0 Å². The molecule has 0 aliphatic rings. The largest absolute Gasteiger partial charge is 0.497 e. The van der Waals surface area contributed by atoms with Gasteiger partial charge in [-0.05, 0) is 61.6 Å². The van der Waals surface area contributed by atoms with Gasteiger partial charge in [0.1, 0.15) is 11.8 Å². The van der Waals surface area contributed by atoms with Crippen molar-refractivity contribution in [3.63, 3.8) is 0 Å². The lowest BCUT2D eigenvalue weighted by Gasteiger charge is -2.29. The number of nitrogens with zero attached hydrogens (tertiary/aromatic N) is 2. The lowest BCUT2D eigenvalue weighted by atomic mass is 10.1. The number of hydrogen-bond acceptors (Lipinski definition) is 5. The minimum absolute atomic E-state index is 0.107. The van der Waals surface area contributed by atoms with E-state index in [4.69, 9.17) is 4.74 Å². The first kappa shape index (κ1) is 30.2. The van der Waals surface area contributed by atoms with E-state index in [1.165, 1.54) is 10.6 Å². The Bertz CT molecular complexity index is 1120. The predicted molar refractivity (Wildman–Crippen MR) is 148 cm³/mol. The van der Waals surface area contributed by atoms with E-state index >= 15 is 0 Å². The molecule has 1 unspecified atom stereocenters. The van der Waals surface area contributed by atoms with E-state index in [2.05, 4.69) is 5.32 Å². The van der Waals surface area contributed by atoms with Gasteiger partial charge in [-0.3, -0.25) is 13.9 Å². The van der Waals surface area contributed by atoms with Gasteiger partial charge in [0.05, 0.1) is 19.1 Å². The van der Waals surface area contributed by atoms with Crippen molar-refractivity contribution in [2.75, 3.05) is 30.8 Å². The average molecular weight is 532 g/mol. The Balaban J connectivity index is 2.16. The molecule has 1 atom stereocenters. The fraction of sp³-hybridized carbons (Fsp3) is 0.500. The number of unbranched alkanes of at least 4 members (excludes halogenated alkanes) is 1. The molecule has 0 saturated heterocycles. The molecule has 1 N–H and O–H groups in total. The van der Waals surface area contributed by atoms with Gasteiger partial charge in [0.25, 0.3) is 0 Å². The zero-order valence-corrected chi connectivity index (χ0v) is 23.5. The second-order valence-corrected chi connectivity index (χ2v) is 11.1. The molecule has 0 fully saturated rings. The third-order valence-corrected chi connectivity index (χ3v) is 7.46. The molecule has 8 nitrogen and oxygen atoms in total. The topological polar surface area (TPSA) is 96.0 Å². The van der Waals surface area contributed by atoms with Crippen molar-refractivity contribution >= 4 is 27.5 Å². The van der Waals surface area contributed by atoms with Gasteiger partial charge in [0.15, 0.2) is 0 Å². The summed E-state index contributed by atoms with van der Waals surface area (Å²) in [5, 5.41) is 2.91. The lowest BCUT2D eigenvalue weighted by molar-refractivity contribution is -0.140. The maximum Gasteiger partial charge on any atom is 0.242 e. The number of ether oxygens (including phenoxy) is 1. The van der Waals surface area contributed by atoms with Crippen LogP contribution in [-0.2, 0) is 32.6 Å². The minimum Gasteiger partial charge on any atom is -0.497 e. The van der Waals surface area contributed by atoms with Crippen LogP contribution in [0.4, 0.5) is 5.69 Å². The van der Waals surface area contributed by atoms with Crippen LogP contribution in [0.25, 0.3) is 0 Å². The van der Waals surface area contributed by atoms with E-state index in [9.17, 15) is 18.0 Å². The van der Waals surface area contributed by atoms with Gasteiger partial charge >= 0.3 is 0 Å². The van der Waals surface area contributed by atoms with Crippen molar-refractivity contribution in [2.45, 2.75) is 65.5 Å². The third-order valence-electron chi connectivity index (χ3n) is 6.27. The Kier molecular flexibility index (Phi) is 11.9. The van der Waals surface area contributed by atoms with Crippen molar-refractivity contribution in [1.82, 2.24) is 10.2 Å². The Hall–Kier alpha value is -3.07. The van der Waals surface area contributed by atoms with Crippen LogP contribution in [0.5, 0.6) is 5.75 Å². The molecule has 0 heterocycles. The smallest absolute Gasteiger partial charge is 0.242 e. The molecule has 0 saturated carbocycles. The van der Waals surface area contributed by atoms with E-state index in [0.29, 0.717) is 24.4 Å². The first-order valence-electron chi connectivity index (χ1n) is 12.9. The maximum absolute atomic E-state index is 13.4. The molecule has 0 aromatic heterocycles.